The van der Waals surface area contributed by atoms with Crippen molar-refractivity contribution in [3.8, 4) is 0 Å². The van der Waals surface area contributed by atoms with Crippen LogP contribution in [0.25, 0.3) is 0 Å². The Morgan fingerprint density at radius 3 is 2.76 bits per heavy atom. The number of nitrogens with zero attached hydrogens (tertiary/aromatic N) is 1. The number of amides is 1. The van der Waals surface area contributed by atoms with Crippen LogP contribution in [0.3, 0.4) is 0 Å². The molecule has 1 heterocycles. The van der Waals surface area contributed by atoms with Gasteiger partial charge in [0.25, 0.3) is 0 Å². The number of benzene rings is 1. The molecule has 3 N–H and O–H groups in total. The molecule has 0 saturated carbocycles. The molecule has 1 amide bonds. The first kappa shape index (κ1) is 16.1. The Morgan fingerprint density at radius 1 is 1.38 bits per heavy atom. The van der Waals surface area contributed by atoms with E-state index in [-0.39, 0.29) is 5.91 Å². The normalized spacial score (nSPS) is 16.6. The summed E-state index contributed by atoms with van der Waals surface area (Å²) in [6.07, 6.45) is 5.22. The molecular formula is C16H24ClN3O. The first-order chi connectivity index (χ1) is 10.1. The predicted molar refractivity (Wildman–Crippen MR) is 89.0 cm³/mol. The van der Waals surface area contributed by atoms with Gasteiger partial charge in [-0.05, 0) is 43.9 Å². The Labute approximate surface area is 131 Å². The molecule has 0 aliphatic carbocycles. The third kappa shape index (κ3) is 4.35. The maximum absolute atomic E-state index is 12.2. The van der Waals surface area contributed by atoms with Gasteiger partial charge in [-0.1, -0.05) is 24.9 Å². The van der Waals surface area contributed by atoms with Crippen LogP contribution in [-0.2, 0) is 4.79 Å². The second kappa shape index (κ2) is 7.66. The first-order valence-corrected chi connectivity index (χ1v) is 8.10. The molecule has 1 aromatic rings. The van der Waals surface area contributed by atoms with Gasteiger partial charge in [-0.3, -0.25) is 4.79 Å². The Bertz CT molecular complexity index is 486. The van der Waals surface area contributed by atoms with E-state index in [0.717, 1.165) is 30.9 Å². The number of hydrogen-bond acceptors (Lipinski definition) is 3. The average molecular weight is 310 g/mol. The fourth-order valence-corrected chi connectivity index (χ4v) is 2.86. The minimum atomic E-state index is -0.469. The maximum Gasteiger partial charge on any atom is 0.241 e. The lowest BCUT2D eigenvalue weighted by Crippen LogP contribution is -2.36. The highest BCUT2D eigenvalue weighted by Crippen LogP contribution is 2.31. The molecule has 1 atom stereocenters. The zero-order valence-corrected chi connectivity index (χ0v) is 13.3. The van der Waals surface area contributed by atoms with Crippen LogP contribution in [0.2, 0.25) is 5.02 Å². The van der Waals surface area contributed by atoms with Gasteiger partial charge < -0.3 is 16.0 Å². The van der Waals surface area contributed by atoms with E-state index in [0.29, 0.717) is 11.4 Å². The molecule has 1 unspecified atom stereocenters. The minimum absolute atomic E-state index is 0.141. The number of piperidine rings is 1. The number of rotatable bonds is 5. The monoisotopic (exact) mass is 309 g/mol. The van der Waals surface area contributed by atoms with Crippen LogP contribution in [0.1, 0.15) is 39.0 Å². The molecule has 1 saturated heterocycles. The van der Waals surface area contributed by atoms with Crippen LogP contribution in [0.5, 0.6) is 0 Å². The van der Waals surface area contributed by atoms with Crippen LogP contribution in [0, 0.1) is 0 Å². The van der Waals surface area contributed by atoms with Crippen molar-refractivity contribution in [1.29, 1.82) is 0 Å². The number of carbonyl (C=O) groups excluding carboxylic acids is 1. The summed E-state index contributed by atoms with van der Waals surface area (Å²) in [4.78, 5) is 14.5. The van der Waals surface area contributed by atoms with E-state index in [4.69, 9.17) is 17.3 Å². The van der Waals surface area contributed by atoms with E-state index in [9.17, 15) is 4.79 Å². The van der Waals surface area contributed by atoms with Gasteiger partial charge in [0, 0.05) is 18.1 Å². The van der Waals surface area contributed by atoms with E-state index in [1.54, 1.807) is 0 Å². The van der Waals surface area contributed by atoms with Gasteiger partial charge >= 0.3 is 0 Å². The highest BCUT2D eigenvalue weighted by molar-refractivity contribution is 6.31. The van der Waals surface area contributed by atoms with E-state index >= 15 is 0 Å². The van der Waals surface area contributed by atoms with Crippen LogP contribution in [-0.4, -0.2) is 25.0 Å². The maximum atomic E-state index is 12.2. The highest BCUT2D eigenvalue weighted by Gasteiger charge is 2.18. The third-order valence-corrected chi connectivity index (χ3v) is 4.08. The van der Waals surface area contributed by atoms with E-state index in [1.807, 2.05) is 25.1 Å². The molecule has 0 radical (unpaired) electrons. The lowest BCUT2D eigenvalue weighted by Gasteiger charge is -2.31. The summed E-state index contributed by atoms with van der Waals surface area (Å²) in [5.74, 6) is -0.141. The summed E-state index contributed by atoms with van der Waals surface area (Å²) in [5, 5.41) is 3.56. The number of nitrogens with one attached hydrogen (secondary N) is 1. The number of hydrogen-bond donors (Lipinski definition) is 2. The van der Waals surface area contributed by atoms with Gasteiger partial charge in [0.2, 0.25) is 5.91 Å². The summed E-state index contributed by atoms with van der Waals surface area (Å²) >= 11 is 6.08. The summed E-state index contributed by atoms with van der Waals surface area (Å²) in [5.41, 5.74) is 7.69. The third-order valence-electron chi connectivity index (χ3n) is 3.85. The largest absolute Gasteiger partial charge is 0.370 e. The summed E-state index contributed by atoms with van der Waals surface area (Å²) in [6.45, 7) is 4.06. The molecule has 0 aromatic heterocycles. The molecule has 2 rings (SSSR count). The smallest absolute Gasteiger partial charge is 0.241 e. The number of carbonyl (C=O) groups is 1. The second-order valence-electron chi connectivity index (χ2n) is 5.59. The predicted octanol–water partition coefficient (Wildman–Crippen LogP) is 3.40. The first-order valence-electron chi connectivity index (χ1n) is 7.72. The van der Waals surface area contributed by atoms with Crippen molar-refractivity contribution in [3.63, 3.8) is 0 Å². The van der Waals surface area contributed by atoms with Gasteiger partial charge in [0.1, 0.15) is 0 Å². The fraction of sp³-hybridized carbons (Fsp3) is 0.562. The number of anilines is 2. The summed E-state index contributed by atoms with van der Waals surface area (Å²) < 4.78 is 0. The van der Waals surface area contributed by atoms with Crippen LogP contribution < -0.4 is 16.0 Å². The zero-order valence-electron chi connectivity index (χ0n) is 12.6. The molecule has 4 nitrogen and oxygen atoms in total. The van der Waals surface area contributed by atoms with Crippen molar-refractivity contribution in [3.05, 3.63) is 23.2 Å². The van der Waals surface area contributed by atoms with Crippen molar-refractivity contribution in [2.45, 2.75) is 45.1 Å². The summed E-state index contributed by atoms with van der Waals surface area (Å²) in [7, 11) is 0. The molecule has 1 aromatic carbocycles. The Hall–Kier alpha value is -1.26. The molecule has 5 heteroatoms. The second-order valence-corrected chi connectivity index (χ2v) is 6.03. The molecule has 1 fully saturated rings. The van der Waals surface area contributed by atoms with Crippen LogP contribution in [0.15, 0.2) is 18.2 Å². The Kier molecular flexibility index (Phi) is 5.88. The highest BCUT2D eigenvalue weighted by atomic mass is 35.5. The van der Waals surface area contributed by atoms with Crippen LogP contribution in [0.4, 0.5) is 11.4 Å². The summed E-state index contributed by atoms with van der Waals surface area (Å²) in [6, 6.07) is 5.19. The van der Waals surface area contributed by atoms with Crippen molar-refractivity contribution in [1.82, 2.24) is 0 Å². The van der Waals surface area contributed by atoms with Gasteiger partial charge in [0.15, 0.2) is 0 Å². The van der Waals surface area contributed by atoms with Gasteiger partial charge in [0.05, 0.1) is 17.4 Å². The molecule has 0 spiro atoms. The minimum Gasteiger partial charge on any atom is -0.370 e. The van der Waals surface area contributed by atoms with Gasteiger partial charge in [-0.15, -0.1) is 0 Å². The van der Waals surface area contributed by atoms with E-state index < -0.39 is 6.04 Å². The Balaban J connectivity index is 2.16. The molecule has 1 aliphatic heterocycles. The average Bonchev–Trinajstić information content (AvgIpc) is 2.48. The Morgan fingerprint density at radius 2 is 2.10 bits per heavy atom. The standard InChI is InChI=1S/C16H24ClN3O/c1-2-6-13(18)16(21)19-14-11-12(17)7-8-15(14)20-9-4-3-5-10-20/h7-8,11,13H,2-6,9-10,18H2,1H3,(H,19,21). The fourth-order valence-electron chi connectivity index (χ4n) is 2.69. The van der Waals surface area contributed by atoms with E-state index in [2.05, 4.69) is 10.2 Å². The SMILES string of the molecule is CCCC(N)C(=O)Nc1cc(Cl)ccc1N1CCCCC1. The topological polar surface area (TPSA) is 58.4 Å². The van der Waals surface area contributed by atoms with Crippen molar-refractivity contribution < 1.29 is 4.79 Å². The van der Waals surface area contributed by atoms with Crippen molar-refractivity contribution >= 4 is 28.9 Å². The lowest BCUT2D eigenvalue weighted by molar-refractivity contribution is -0.117. The zero-order chi connectivity index (χ0) is 15.2. The van der Waals surface area contributed by atoms with E-state index in [1.165, 1.54) is 19.3 Å². The van der Waals surface area contributed by atoms with Gasteiger partial charge in [-0.25, -0.2) is 0 Å². The van der Waals surface area contributed by atoms with Crippen LogP contribution >= 0.6 is 11.6 Å². The quantitative estimate of drug-likeness (QED) is 0.876. The lowest BCUT2D eigenvalue weighted by atomic mass is 10.1. The molecule has 116 valence electrons. The number of halogens is 1. The molecule has 1 aliphatic rings. The molecule has 21 heavy (non-hydrogen) atoms. The molecule has 0 bridgehead atoms. The number of nitrogens with two attached hydrogens (primary N) is 1. The van der Waals surface area contributed by atoms with Crippen molar-refractivity contribution in [2.75, 3.05) is 23.3 Å². The van der Waals surface area contributed by atoms with Gasteiger partial charge in [-0.2, -0.15) is 0 Å². The molecular weight excluding hydrogens is 286 g/mol. The van der Waals surface area contributed by atoms with Crippen molar-refractivity contribution in [2.24, 2.45) is 5.73 Å².